The van der Waals surface area contributed by atoms with Crippen molar-refractivity contribution < 1.29 is 38.4 Å². The fourth-order valence-corrected chi connectivity index (χ4v) is 4.87. The van der Waals surface area contributed by atoms with Crippen LogP contribution in [0.15, 0.2) is 88.7 Å². The summed E-state index contributed by atoms with van der Waals surface area (Å²) in [5.74, 6) is 2.35. The first kappa shape index (κ1) is 20.3. The van der Waals surface area contributed by atoms with Gasteiger partial charge < -0.3 is 4.74 Å². The summed E-state index contributed by atoms with van der Waals surface area (Å²) in [7, 11) is -5.24. The quantitative estimate of drug-likeness (QED) is 0.435. The number of para-hydroxylation sites is 2. The molecule has 144 valence electrons. The molecule has 0 aromatic heterocycles. The van der Waals surface area contributed by atoms with Crippen molar-refractivity contribution in [3.63, 3.8) is 0 Å². The van der Waals surface area contributed by atoms with E-state index in [2.05, 4.69) is 12.1 Å². The largest absolute Gasteiger partial charge is 0.447 e. The maximum Gasteiger partial charge on any atom is 0.212 e. The van der Waals surface area contributed by atoms with Gasteiger partial charge in [-0.05, 0) is 24.3 Å². The molecule has 0 unspecified atom stereocenters. The summed E-state index contributed by atoms with van der Waals surface area (Å²) in [6, 6.07) is 25.5. The molecule has 8 heteroatoms. The van der Waals surface area contributed by atoms with E-state index < -0.39 is 10.2 Å². The predicted molar refractivity (Wildman–Crippen MR) is 92.5 cm³/mol. The average Bonchev–Trinajstić information content (AvgIpc) is 2.67. The van der Waals surface area contributed by atoms with Crippen LogP contribution < -0.4 is 23.4 Å². The fourth-order valence-electron chi connectivity index (χ4n) is 2.71. The molecule has 0 bridgehead atoms. The second-order valence-corrected chi connectivity index (χ2v) is 8.40. The van der Waals surface area contributed by atoms with Gasteiger partial charge in [0.25, 0.3) is 0 Å². The minimum atomic E-state index is -4.94. The summed E-state index contributed by atoms with van der Waals surface area (Å²) in [6.07, 6.45) is 0. The maximum atomic E-state index is 12.7. The Morgan fingerprint density at radius 1 is 0.750 bits per heavy atom. The fraction of sp³-hybridized carbons (Fsp3) is 0.0500. The number of ether oxygens (including phenoxy) is 1. The summed E-state index contributed by atoms with van der Waals surface area (Å²) >= 11 is 0. The highest BCUT2D eigenvalue weighted by Crippen LogP contribution is 2.43. The van der Waals surface area contributed by atoms with E-state index in [4.69, 9.17) is 23.4 Å². The number of benzene rings is 3. The van der Waals surface area contributed by atoms with Gasteiger partial charge in [-0.3, -0.25) is 4.79 Å². The Kier molecular flexibility index (Phi) is 6.35. The number of halogens is 1. The lowest BCUT2D eigenvalue weighted by Crippen LogP contribution is -2.68. The van der Waals surface area contributed by atoms with Gasteiger partial charge in [-0.25, -0.2) is 18.6 Å². The molecule has 1 aliphatic heterocycles. The molecule has 3 aromatic rings. The van der Waals surface area contributed by atoms with Crippen molar-refractivity contribution in [2.75, 3.05) is 5.75 Å². The molecule has 4 rings (SSSR count). The summed E-state index contributed by atoms with van der Waals surface area (Å²) in [5.41, 5.74) is 0.765. The number of fused-ring (bicyclic) bond motifs is 2. The van der Waals surface area contributed by atoms with Gasteiger partial charge >= 0.3 is 0 Å². The van der Waals surface area contributed by atoms with Crippen LogP contribution in [0.25, 0.3) is 0 Å². The van der Waals surface area contributed by atoms with Gasteiger partial charge in [0.2, 0.25) is 15.6 Å². The first-order valence-electron chi connectivity index (χ1n) is 8.10. The molecule has 0 saturated heterocycles. The molecule has 0 saturated carbocycles. The van der Waals surface area contributed by atoms with E-state index in [1.54, 1.807) is 0 Å². The average molecular weight is 419 g/mol. The van der Waals surface area contributed by atoms with Crippen LogP contribution in [-0.2, 0) is 10.9 Å². The van der Waals surface area contributed by atoms with Gasteiger partial charge in [0.05, 0.1) is 10.9 Å². The molecule has 1 heterocycles. The Morgan fingerprint density at radius 3 is 1.68 bits per heavy atom. The third-order valence-electron chi connectivity index (χ3n) is 3.82. The van der Waals surface area contributed by atoms with E-state index in [0.717, 1.165) is 26.9 Å². The molecule has 28 heavy (non-hydrogen) atoms. The summed E-state index contributed by atoms with van der Waals surface area (Å²) in [6.45, 7) is 0. The van der Waals surface area contributed by atoms with Crippen LogP contribution in [0, 0.1) is 10.2 Å². The van der Waals surface area contributed by atoms with Crippen molar-refractivity contribution in [2.24, 2.45) is 0 Å². The van der Waals surface area contributed by atoms with Crippen LogP contribution in [0.2, 0.25) is 0 Å². The number of hydrogen-bond donors (Lipinski definition) is 0. The Balaban J connectivity index is 0.000000403. The minimum absolute atomic E-state index is 0.167. The van der Waals surface area contributed by atoms with E-state index in [1.807, 2.05) is 66.7 Å². The molecule has 0 N–H and O–H groups in total. The minimum Gasteiger partial charge on any atom is -0.447 e. The molecule has 1 aliphatic rings. The number of ketones is 1. The van der Waals surface area contributed by atoms with E-state index in [0.29, 0.717) is 5.75 Å². The number of hydrogen-bond acceptors (Lipinski definition) is 6. The Bertz CT molecular complexity index is 907. The lowest BCUT2D eigenvalue weighted by atomic mass is 10.2. The van der Waals surface area contributed by atoms with Gasteiger partial charge in [0, 0.05) is 5.56 Å². The standard InChI is InChI=1S/C20H15O2S.ClHO4/c21-16(15-8-2-1-3-9-15)14-23-19-12-6-4-10-17(19)22-18-11-5-7-13-20(18)23;2-1(3,4)5/h1-13H,14H2;(H,2,3,4,5)/q+1;/p-1. The molecule has 0 atom stereocenters. The van der Waals surface area contributed by atoms with Gasteiger partial charge in [-0.1, -0.05) is 54.6 Å². The molecular formula is C20H15ClO6S. The van der Waals surface area contributed by atoms with Crippen LogP contribution >= 0.6 is 0 Å². The molecule has 0 amide bonds. The topological polar surface area (TPSA) is 119 Å². The van der Waals surface area contributed by atoms with Crippen LogP contribution in [0.5, 0.6) is 11.5 Å². The molecule has 0 fully saturated rings. The smallest absolute Gasteiger partial charge is 0.212 e. The summed E-state index contributed by atoms with van der Waals surface area (Å²) < 4.78 is 40.0. The van der Waals surface area contributed by atoms with Gasteiger partial charge in [-0.2, -0.15) is 0 Å². The molecular weight excluding hydrogens is 404 g/mol. The van der Waals surface area contributed by atoms with E-state index in [-0.39, 0.29) is 16.7 Å². The molecule has 6 nitrogen and oxygen atoms in total. The van der Waals surface area contributed by atoms with E-state index >= 15 is 0 Å². The van der Waals surface area contributed by atoms with Crippen LogP contribution in [0.3, 0.4) is 0 Å². The Labute approximate surface area is 166 Å². The lowest BCUT2D eigenvalue weighted by Gasteiger charge is -2.19. The van der Waals surface area contributed by atoms with Crippen LogP contribution in [0.1, 0.15) is 10.4 Å². The number of rotatable bonds is 3. The zero-order chi connectivity index (χ0) is 20.1. The van der Waals surface area contributed by atoms with Crippen molar-refractivity contribution in [3.05, 3.63) is 84.4 Å². The van der Waals surface area contributed by atoms with Crippen molar-refractivity contribution in [1.29, 1.82) is 0 Å². The highest BCUT2D eigenvalue weighted by Gasteiger charge is 2.38. The second kappa shape index (κ2) is 8.74. The highest BCUT2D eigenvalue weighted by molar-refractivity contribution is 7.97. The first-order valence-corrected chi connectivity index (χ1v) is 10.7. The number of carbonyl (C=O) groups excluding carboxylic acids is 1. The highest BCUT2D eigenvalue weighted by atomic mass is 35.7. The first-order chi connectivity index (χ1) is 13.3. The van der Waals surface area contributed by atoms with Gasteiger partial charge in [0.15, 0.2) is 17.3 Å². The molecule has 0 spiro atoms. The monoisotopic (exact) mass is 418 g/mol. The Morgan fingerprint density at radius 2 is 1.18 bits per heavy atom. The predicted octanol–water partition coefficient (Wildman–Crippen LogP) is -0.0445. The van der Waals surface area contributed by atoms with Crippen molar-refractivity contribution in [2.45, 2.75) is 9.79 Å². The zero-order valence-electron chi connectivity index (χ0n) is 14.4. The van der Waals surface area contributed by atoms with Crippen LogP contribution in [-0.4, -0.2) is 11.5 Å². The second-order valence-electron chi connectivity index (χ2n) is 5.70. The third-order valence-corrected chi connectivity index (χ3v) is 6.11. The molecule has 3 aromatic carbocycles. The van der Waals surface area contributed by atoms with E-state index in [1.165, 1.54) is 0 Å². The van der Waals surface area contributed by atoms with Gasteiger partial charge in [-0.15, -0.1) is 10.2 Å². The Hall–Kier alpha value is -2.39. The van der Waals surface area contributed by atoms with Crippen molar-refractivity contribution in [3.8, 4) is 11.5 Å². The lowest BCUT2D eigenvalue weighted by molar-refractivity contribution is -2.00. The van der Waals surface area contributed by atoms with Crippen LogP contribution in [0.4, 0.5) is 0 Å². The van der Waals surface area contributed by atoms with Crippen molar-refractivity contribution >= 4 is 16.7 Å². The number of carbonyl (C=O) groups is 1. The maximum absolute atomic E-state index is 12.7. The molecule has 0 radical (unpaired) electrons. The van der Waals surface area contributed by atoms with Crippen molar-refractivity contribution in [1.82, 2.24) is 0 Å². The van der Waals surface area contributed by atoms with Gasteiger partial charge in [0.1, 0.15) is 0 Å². The summed E-state index contributed by atoms with van der Waals surface area (Å²) in [4.78, 5) is 14.9. The molecule has 0 aliphatic carbocycles. The normalized spacial score (nSPS) is 12.7. The third kappa shape index (κ3) is 5.32. The zero-order valence-corrected chi connectivity index (χ0v) is 16.0. The number of Topliss-reactive ketones (excluding diaryl/α,β-unsaturated/α-hetero) is 1. The summed E-state index contributed by atoms with van der Waals surface area (Å²) in [5, 5.41) is 0. The SMILES string of the molecule is O=C(C[S+]1c2ccccc2Oc2ccccc21)c1ccccc1.[O-][Cl+3]([O-])([O-])[O-]. The van der Waals surface area contributed by atoms with E-state index in [9.17, 15) is 4.79 Å².